The fourth-order valence-electron chi connectivity index (χ4n) is 3.43. The molecule has 1 spiro atoms. The lowest BCUT2D eigenvalue weighted by molar-refractivity contribution is -0.0989. The number of carbonyl (C=O) groups excluding carboxylic acids is 1. The number of likely N-dealkylation sites (tertiary alicyclic amines) is 1. The molecule has 0 bridgehead atoms. The molecule has 2 aliphatic rings. The van der Waals surface area contributed by atoms with Gasteiger partial charge < -0.3 is 15.0 Å². The molecule has 2 saturated heterocycles. The lowest BCUT2D eigenvalue weighted by Crippen LogP contribution is -2.59. The van der Waals surface area contributed by atoms with E-state index in [0.29, 0.717) is 12.5 Å². The van der Waals surface area contributed by atoms with Gasteiger partial charge in [-0.3, -0.25) is 4.79 Å². The number of carbonyl (C=O) groups is 1. The van der Waals surface area contributed by atoms with Gasteiger partial charge in [0.25, 0.3) is 5.91 Å². The Balaban J connectivity index is 1.71. The molecule has 2 aliphatic heterocycles. The van der Waals surface area contributed by atoms with Crippen molar-refractivity contribution in [2.75, 3.05) is 32.8 Å². The van der Waals surface area contributed by atoms with E-state index in [-0.39, 0.29) is 11.5 Å². The Morgan fingerprint density at radius 3 is 2.73 bits per heavy atom. The average molecular weight is 302 g/mol. The Morgan fingerprint density at radius 1 is 1.32 bits per heavy atom. The number of amides is 1. The molecule has 1 aromatic rings. The van der Waals surface area contributed by atoms with E-state index in [0.717, 1.165) is 44.6 Å². The normalized spacial score (nSPS) is 25.7. The largest absolute Gasteiger partial charge is 0.370 e. The highest BCUT2D eigenvalue weighted by molar-refractivity contribution is 5.94. The Morgan fingerprint density at radius 2 is 2.09 bits per heavy atom. The van der Waals surface area contributed by atoms with E-state index in [1.54, 1.807) is 0 Å². The van der Waals surface area contributed by atoms with E-state index in [2.05, 4.69) is 31.3 Å². The molecule has 0 aliphatic carbocycles. The summed E-state index contributed by atoms with van der Waals surface area (Å²) < 4.78 is 6.02. The second kappa shape index (κ2) is 6.39. The first-order chi connectivity index (χ1) is 10.6. The lowest BCUT2D eigenvalue weighted by Gasteiger charge is -2.45. The van der Waals surface area contributed by atoms with Gasteiger partial charge in [0.1, 0.15) is 0 Å². The van der Waals surface area contributed by atoms with Gasteiger partial charge in [-0.2, -0.15) is 0 Å². The van der Waals surface area contributed by atoms with E-state index < -0.39 is 0 Å². The molecule has 1 amide bonds. The highest BCUT2D eigenvalue weighted by Crippen LogP contribution is 2.27. The van der Waals surface area contributed by atoms with Gasteiger partial charge in [-0.25, -0.2) is 0 Å². The summed E-state index contributed by atoms with van der Waals surface area (Å²) >= 11 is 0. The van der Waals surface area contributed by atoms with Gasteiger partial charge in [-0.15, -0.1) is 0 Å². The predicted molar refractivity (Wildman–Crippen MR) is 87.2 cm³/mol. The Kier molecular flexibility index (Phi) is 4.50. The minimum atomic E-state index is -0.177. The number of ether oxygens (including phenoxy) is 1. The molecule has 0 aromatic heterocycles. The Hall–Kier alpha value is -1.39. The summed E-state index contributed by atoms with van der Waals surface area (Å²) in [6.07, 6.45) is 2.05. The molecule has 2 heterocycles. The van der Waals surface area contributed by atoms with Crippen molar-refractivity contribution in [1.29, 1.82) is 0 Å². The van der Waals surface area contributed by atoms with Crippen molar-refractivity contribution in [1.82, 2.24) is 10.2 Å². The highest BCUT2D eigenvalue weighted by Gasteiger charge is 2.39. The smallest absolute Gasteiger partial charge is 0.253 e. The SMILES string of the molecule is CC(C)c1ccc(C(=O)N2CCCC3(CNCCO3)C2)cc1. The van der Waals surface area contributed by atoms with Crippen molar-refractivity contribution in [2.45, 2.75) is 38.2 Å². The molecule has 4 heteroatoms. The Bertz CT molecular complexity index is 513. The molecule has 0 radical (unpaired) electrons. The zero-order valence-electron chi connectivity index (χ0n) is 13.6. The van der Waals surface area contributed by atoms with Gasteiger partial charge >= 0.3 is 0 Å². The van der Waals surface area contributed by atoms with Crippen LogP contribution < -0.4 is 5.32 Å². The molecule has 22 heavy (non-hydrogen) atoms. The van der Waals surface area contributed by atoms with E-state index in [1.807, 2.05) is 17.0 Å². The van der Waals surface area contributed by atoms with Crippen LogP contribution in [0.2, 0.25) is 0 Å². The van der Waals surface area contributed by atoms with Crippen LogP contribution >= 0.6 is 0 Å². The van der Waals surface area contributed by atoms with Gasteiger partial charge in [-0.1, -0.05) is 26.0 Å². The summed E-state index contributed by atoms with van der Waals surface area (Å²) in [5.41, 5.74) is 1.88. The third-order valence-corrected chi connectivity index (χ3v) is 4.79. The molecule has 1 unspecified atom stereocenters. The fraction of sp³-hybridized carbons (Fsp3) is 0.611. The van der Waals surface area contributed by atoms with Crippen molar-refractivity contribution in [3.63, 3.8) is 0 Å². The molecule has 1 N–H and O–H groups in total. The van der Waals surface area contributed by atoms with Gasteiger partial charge in [0, 0.05) is 25.2 Å². The molecule has 120 valence electrons. The van der Waals surface area contributed by atoms with Crippen LogP contribution in [0.1, 0.15) is 48.5 Å². The number of nitrogens with one attached hydrogen (secondary N) is 1. The molecule has 4 nitrogen and oxygen atoms in total. The van der Waals surface area contributed by atoms with Gasteiger partial charge in [0.05, 0.1) is 18.8 Å². The van der Waals surface area contributed by atoms with E-state index >= 15 is 0 Å². The second-order valence-electron chi connectivity index (χ2n) is 6.82. The van der Waals surface area contributed by atoms with Crippen molar-refractivity contribution >= 4 is 5.91 Å². The second-order valence-corrected chi connectivity index (χ2v) is 6.82. The van der Waals surface area contributed by atoms with Crippen LogP contribution in [0.4, 0.5) is 0 Å². The molecular weight excluding hydrogens is 276 g/mol. The average Bonchev–Trinajstić information content (AvgIpc) is 2.55. The number of morpholine rings is 1. The zero-order valence-corrected chi connectivity index (χ0v) is 13.6. The molecule has 2 fully saturated rings. The third-order valence-electron chi connectivity index (χ3n) is 4.79. The van der Waals surface area contributed by atoms with Gasteiger partial charge in [0.2, 0.25) is 0 Å². The van der Waals surface area contributed by atoms with Crippen LogP contribution in [0, 0.1) is 0 Å². The summed E-state index contributed by atoms with van der Waals surface area (Å²) in [5.74, 6) is 0.618. The topological polar surface area (TPSA) is 41.6 Å². The van der Waals surface area contributed by atoms with Crippen LogP contribution in [0.3, 0.4) is 0 Å². The molecule has 1 atom stereocenters. The van der Waals surface area contributed by atoms with Crippen LogP contribution in [-0.2, 0) is 4.74 Å². The van der Waals surface area contributed by atoms with Crippen molar-refractivity contribution in [3.05, 3.63) is 35.4 Å². The minimum Gasteiger partial charge on any atom is -0.370 e. The van der Waals surface area contributed by atoms with E-state index in [4.69, 9.17) is 4.74 Å². The highest BCUT2D eigenvalue weighted by atomic mass is 16.5. The minimum absolute atomic E-state index is 0.128. The van der Waals surface area contributed by atoms with Gasteiger partial charge in [-0.05, 0) is 36.5 Å². The maximum atomic E-state index is 12.8. The van der Waals surface area contributed by atoms with Crippen molar-refractivity contribution < 1.29 is 9.53 Å². The number of rotatable bonds is 2. The summed E-state index contributed by atoms with van der Waals surface area (Å²) in [4.78, 5) is 14.7. The quantitative estimate of drug-likeness (QED) is 0.912. The van der Waals surface area contributed by atoms with Crippen LogP contribution in [0.25, 0.3) is 0 Å². The number of hydrogen-bond donors (Lipinski definition) is 1. The Labute approximate surface area is 132 Å². The zero-order chi connectivity index (χ0) is 15.6. The first kappa shape index (κ1) is 15.5. The number of benzene rings is 1. The standard InChI is InChI=1S/C18H26N2O2/c1-14(2)15-4-6-16(7-5-15)17(21)20-10-3-8-18(13-20)12-19-9-11-22-18/h4-7,14,19H,3,8-13H2,1-2H3. The lowest BCUT2D eigenvalue weighted by atomic mass is 9.91. The van der Waals surface area contributed by atoms with Crippen LogP contribution in [0.15, 0.2) is 24.3 Å². The molecule has 0 saturated carbocycles. The molecule has 3 rings (SSSR count). The van der Waals surface area contributed by atoms with Crippen LogP contribution in [-0.4, -0.2) is 49.2 Å². The maximum absolute atomic E-state index is 12.8. The monoisotopic (exact) mass is 302 g/mol. The summed E-state index contributed by atoms with van der Waals surface area (Å²) in [7, 11) is 0. The van der Waals surface area contributed by atoms with E-state index in [1.165, 1.54) is 5.56 Å². The summed E-state index contributed by atoms with van der Waals surface area (Å²) in [5, 5.41) is 3.40. The number of piperidine rings is 1. The molecular formula is C18H26N2O2. The summed E-state index contributed by atoms with van der Waals surface area (Å²) in [6.45, 7) is 8.36. The van der Waals surface area contributed by atoms with Crippen molar-refractivity contribution in [2.24, 2.45) is 0 Å². The molecule has 1 aromatic carbocycles. The van der Waals surface area contributed by atoms with Crippen molar-refractivity contribution in [3.8, 4) is 0 Å². The van der Waals surface area contributed by atoms with Crippen LogP contribution in [0.5, 0.6) is 0 Å². The first-order valence-electron chi connectivity index (χ1n) is 8.34. The van der Waals surface area contributed by atoms with E-state index in [9.17, 15) is 4.79 Å². The third kappa shape index (κ3) is 3.18. The number of nitrogens with zero attached hydrogens (tertiary/aromatic N) is 1. The predicted octanol–water partition coefficient (Wildman–Crippen LogP) is 2.40. The van der Waals surface area contributed by atoms with Gasteiger partial charge in [0.15, 0.2) is 0 Å². The maximum Gasteiger partial charge on any atom is 0.253 e. The summed E-state index contributed by atoms with van der Waals surface area (Å²) in [6, 6.07) is 8.05. The number of hydrogen-bond acceptors (Lipinski definition) is 3. The first-order valence-corrected chi connectivity index (χ1v) is 8.34. The fourth-order valence-corrected chi connectivity index (χ4v) is 3.43.